The first-order valence-corrected chi connectivity index (χ1v) is 24.5. The van der Waals surface area contributed by atoms with Gasteiger partial charge in [0, 0.05) is 18.6 Å². The fourth-order valence-electron chi connectivity index (χ4n) is 13.0. The fourth-order valence-corrected chi connectivity index (χ4v) is 17.7. The van der Waals surface area contributed by atoms with Crippen molar-refractivity contribution in [1.29, 1.82) is 0 Å². The normalized spacial score (nSPS) is 30.8. The second-order valence-corrected chi connectivity index (χ2v) is 24.9. The molecule has 3 fully saturated rings. The molecule has 0 heterocycles. The average Bonchev–Trinajstić information content (AvgIpc) is 3.55. The van der Waals surface area contributed by atoms with E-state index >= 15 is 0 Å². The van der Waals surface area contributed by atoms with E-state index in [1.807, 2.05) is 0 Å². The van der Waals surface area contributed by atoms with Crippen LogP contribution in [0.4, 0.5) is 0 Å². The zero-order valence-corrected chi connectivity index (χ0v) is 37.2. The summed E-state index contributed by atoms with van der Waals surface area (Å²) in [7, 11) is -2.58. The predicted molar refractivity (Wildman–Crippen MR) is 237 cm³/mol. The Morgan fingerprint density at radius 2 is 1.41 bits per heavy atom. The first kappa shape index (κ1) is 41.6. The summed E-state index contributed by atoms with van der Waals surface area (Å²) >= 11 is 0. The number of hydrogen-bond donors (Lipinski definition) is 1. The Hall–Kier alpha value is -2.50. The van der Waals surface area contributed by atoms with Crippen molar-refractivity contribution in [3.05, 3.63) is 108 Å². The maximum Gasteiger partial charge on any atom is 0.261 e. The molecule has 0 bridgehead atoms. The second-order valence-electron chi connectivity index (χ2n) is 20.6. The van der Waals surface area contributed by atoms with E-state index in [-0.39, 0.29) is 22.5 Å². The highest BCUT2D eigenvalue weighted by Crippen LogP contribution is 2.67. The van der Waals surface area contributed by atoms with Gasteiger partial charge in [-0.05, 0) is 132 Å². The van der Waals surface area contributed by atoms with Gasteiger partial charge < -0.3 is 14.3 Å². The van der Waals surface area contributed by atoms with Crippen molar-refractivity contribution >= 4 is 18.7 Å². The van der Waals surface area contributed by atoms with E-state index in [9.17, 15) is 5.11 Å². The third-order valence-electron chi connectivity index (χ3n) is 16.3. The van der Waals surface area contributed by atoms with E-state index in [4.69, 9.17) is 9.16 Å². The molecule has 0 radical (unpaired) electrons. The molecule has 0 aliphatic heterocycles. The average molecular weight is 775 g/mol. The highest BCUT2D eigenvalue weighted by Gasteiger charge is 2.60. The second kappa shape index (κ2) is 17.0. The largest absolute Gasteiger partial charge is 0.404 e. The molecule has 0 spiro atoms. The van der Waals surface area contributed by atoms with Crippen LogP contribution in [-0.2, 0) is 15.8 Å². The van der Waals surface area contributed by atoms with E-state index in [2.05, 4.69) is 152 Å². The van der Waals surface area contributed by atoms with Gasteiger partial charge in [-0.1, -0.05) is 158 Å². The standard InChI is InChI=1S/C52H74O3Si/c1-37(2)40(30-33-54-36-39-18-12-9-13-19-39)34-49(53)38(3)46-26-27-47-45-25-24-41-35-42(28-31-51(41,7)48(45)29-32-52(46,47)8)55-56(50(4,5)6,43-20-14-10-15-21-43)44-22-16-11-17-23-44/h9-23,26,37-38,40-42,45,47-49,53H,24-25,27-36H2,1-8H3/t38-,40-,41-,42-,45-,47-,48-,49-,51-,52+/m0/s1. The van der Waals surface area contributed by atoms with Gasteiger partial charge in [-0.15, -0.1) is 0 Å². The van der Waals surface area contributed by atoms with Crippen LogP contribution in [0.15, 0.2) is 103 Å². The Bertz CT molecular complexity index is 1690. The summed E-state index contributed by atoms with van der Waals surface area (Å²) in [6.07, 6.45) is 14.6. The van der Waals surface area contributed by atoms with E-state index in [0.29, 0.717) is 35.9 Å². The molecule has 0 amide bonds. The van der Waals surface area contributed by atoms with Crippen molar-refractivity contribution < 1.29 is 14.3 Å². The summed E-state index contributed by atoms with van der Waals surface area (Å²) in [4.78, 5) is 0. The Labute approximate surface area is 342 Å². The Kier molecular flexibility index (Phi) is 12.6. The monoisotopic (exact) mass is 775 g/mol. The third-order valence-corrected chi connectivity index (χ3v) is 21.4. The number of benzene rings is 3. The summed E-state index contributed by atoms with van der Waals surface area (Å²) in [6.45, 7) is 20.9. The first-order valence-electron chi connectivity index (χ1n) is 22.6. The molecule has 4 aliphatic carbocycles. The van der Waals surface area contributed by atoms with Crippen LogP contribution >= 0.6 is 0 Å². The van der Waals surface area contributed by atoms with Crippen LogP contribution in [0.1, 0.15) is 125 Å². The summed E-state index contributed by atoms with van der Waals surface area (Å²) < 4.78 is 13.9. The number of aliphatic hydroxyl groups is 1. The third kappa shape index (κ3) is 7.95. The summed E-state index contributed by atoms with van der Waals surface area (Å²) in [5.74, 6) is 4.19. The molecule has 3 nitrogen and oxygen atoms in total. The number of hydrogen-bond acceptors (Lipinski definition) is 3. The highest BCUT2D eigenvalue weighted by molar-refractivity contribution is 6.99. The van der Waals surface area contributed by atoms with Gasteiger partial charge >= 0.3 is 0 Å². The van der Waals surface area contributed by atoms with Crippen LogP contribution in [0.2, 0.25) is 5.04 Å². The van der Waals surface area contributed by atoms with Crippen LogP contribution in [0.3, 0.4) is 0 Å². The van der Waals surface area contributed by atoms with Crippen LogP contribution < -0.4 is 10.4 Å². The van der Waals surface area contributed by atoms with Crippen LogP contribution in [0.25, 0.3) is 0 Å². The van der Waals surface area contributed by atoms with Crippen molar-refractivity contribution in [2.45, 2.75) is 143 Å². The van der Waals surface area contributed by atoms with E-state index in [1.165, 1.54) is 67.3 Å². The summed E-state index contributed by atoms with van der Waals surface area (Å²) in [6, 6.07) is 33.0. The van der Waals surface area contributed by atoms with Gasteiger partial charge in [0.15, 0.2) is 0 Å². The first-order chi connectivity index (χ1) is 26.8. The van der Waals surface area contributed by atoms with Crippen molar-refractivity contribution in [2.75, 3.05) is 6.61 Å². The highest BCUT2D eigenvalue weighted by atomic mass is 28.4. The van der Waals surface area contributed by atoms with Gasteiger partial charge in [0.05, 0.1) is 12.7 Å². The van der Waals surface area contributed by atoms with Gasteiger partial charge in [-0.25, -0.2) is 0 Å². The zero-order valence-electron chi connectivity index (χ0n) is 36.2. The minimum absolute atomic E-state index is 0.00642. The number of aliphatic hydroxyl groups excluding tert-OH is 1. The number of fused-ring (bicyclic) bond motifs is 5. The lowest BCUT2D eigenvalue weighted by molar-refractivity contribution is -0.117. The molecule has 304 valence electrons. The maximum absolute atomic E-state index is 11.9. The molecule has 1 N–H and O–H groups in total. The molecule has 3 saturated carbocycles. The summed E-state index contributed by atoms with van der Waals surface area (Å²) in [5.41, 5.74) is 3.39. The van der Waals surface area contributed by atoms with Gasteiger partial charge in [-0.2, -0.15) is 0 Å². The predicted octanol–water partition coefficient (Wildman–Crippen LogP) is 11.8. The van der Waals surface area contributed by atoms with Gasteiger partial charge in [0.25, 0.3) is 8.32 Å². The Morgan fingerprint density at radius 3 is 2.02 bits per heavy atom. The van der Waals surface area contributed by atoms with Crippen molar-refractivity contribution in [3.63, 3.8) is 0 Å². The van der Waals surface area contributed by atoms with E-state index in [1.54, 1.807) is 5.57 Å². The zero-order chi connectivity index (χ0) is 39.7. The molecule has 7 rings (SSSR count). The number of allylic oxidation sites excluding steroid dienone is 1. The van der Waals surface area contributed by atoms with E-state index < -0.39 is 8.32 Å². The molecule has 4 aliphatic rings. The van der Waals surface area contributed by atoms with Gasteiger partial charge in [-0.3, -0.25) is 0 Å². The smallest absolute Gasteiger partial charge is 0.261 e. The van der Waals surface area contributed by atoms with Crippen molar-refractivity contribution in [3.8, 4) is 0 Å². The van der Waals surface area contributed by atoms with Crippen LogP contribution in [0, 0.1) is 52.3 Å². The molecule has 4 heteroatoms. The molecule has 0 saturated heterocycles. The SMILES string of the molecule is CC(C)[C@@H](CCOCc1ccccc1)C[C@H](O)[C@@H](C)C1=CC[C@H]2[C@@H]3CC[C@H]4C[C@@H](O[Si](c5ccccc5)(c5ccccc5)C(C)(C)C)CC[C@]4(C)[C@H]3CC[C@]12C. The lowest BCUT2D eigenvalue weighted by atomic mass is 9.44. The number of ether oxygens (including phenoxy) is 1. The van der Waals surface area contributed by atoms with Crippen molar-refractivity contribution in [2.24, 2.45) is 52.3 Å². The summed E-state index contributed by atoms with van der Waals surface area (Å²) in [5, 5.41) is 14.7. The topological polar surface area (TPSA) is 38.7 Å². The minimum atomic E-state index is -2.58. The molecule has 10 atom stereocenters. The molecule has 3 aromatic rings. The molecular weight excluding hydrogens is 701 g/mol. The minimum Gasteiger partial charge on any atom is -0.404 e. The van der Waals surface area contributed by atoms with Gasteiger partial charge in [0.2, 0.25) is 0 Å². The lowest BCUT2D eigenvalue weighted by Crippen LogP contribution is -2.68. The Morgan fingerprint density at radius 1 is 0.786 bits per heavy atom. The molecule has 56 heavy (non-hydrogen) atoms. The molecule has 3 aromatic carbocycles. The van der Waals surface area contributed by atoms with Crippen molar-refractivity contribution in [1.82, 2.24) is 0 Å². The molecule has 0 unspecified atom stereocenters. The number of rotatable bonds is 14. The molecule has 0 aromatic heterocycles. The van der Waals surface area contributed by atoms with E-state index in [0.717, 1.165) is 37.2 Å². The quantitative estimate of drug-likeness (QED) is 0.101. The fraction of sp³-hybridized carbons (Fsp3) is 0.615. The Balaban J connectivity index is 1.00. The lowest BCUT2D eigenvalue weighted by Gasteiger charge is -2.61. The van der Waals surface area contributed by atoms with Gasteiger partial charge in [0.1, 0.15) is 0 Å². The maximum atomic E-state index is 11.9. The molecular formula is C52H74O3Si. The van der Waals surface area contributed by atoms with Crippen LogP contribution in [0.5, 0.6) is 0 Å². The van der Waals surface area contributed by atoms with Crippen LogP contribution in [-0.4, -0.2) is 32.2 Å².